The number of carbonyl (C=O) groups excluding carboxylic acids is 2. The molecule has 1 aliphatic carbocycles. The van der Waals surface area contributed by atoms with Gasteiger partial charge in [-0.2, -0.15) is 24.2 Å². The Morgan fingerprint density at radius 2 is 1.82 bits per heavy atom. The number of ether oxygens (including phenoxy) is 1. The molecular weight excluding hydrogens is 758 g/mol. The van der Waals surface area contributed by atoms with E-state index >= 15 is 0 Å². The highest BCUT2D eigenvalue weighted by atomic mass is 35.5. The number of carbonyl (C=O) groups is 2. The number of amides is 2. The minimum Gasteiger partial charge on any atom is -0.447 e. The third kappa shape index (κ3) is 7.42. The maximum atomic E-state index is 14.9. The van der Waals surface area contributed by atoms with Crippen LogP contribution in [0.2, 0.25) is 5.02 Å². The van der Waals surface area contributed by atoms with E-state index in [9.17, 15) is 41.2 Å². The average molecular weight is 791 g/mol. The zero-order valence-electron chi connectivity index (χ0n) is 29.3. The summed E-state index contributed by atoms with van der Waals surface area (Å²) in [6.07, 6.45) is -2.54. The fourth-order valence-corrected chi connectivity index (χ4v) is 6.75. The Morgan fingerprint density at radius 3 is 2.40 bits per heavy atom. The lowest BCUT2D eigenvalue weighted by Crippen LogP contribution is -2.49. The first kappa shape index (κ1) is 39.1. The van der Waals surface area contributed by atoms with E-state index in [-0.39, 0.29) is 46.8 Å². The van der Waals surface area contributed by atoms with E-state index in [2.05, 4.69) is 31.9 Å². The number of alkyl carbamates (subject to hydrolysis) is 1. The molecule has 2 aromatic heterocycles. The van der Waals surface area contributed by atoms with Crippen molar-refractivity contribution in [1.82, 2.24) is 40.1 Å². The van der Waals surface area contributed by atoms with Crippen molar-refractivity contribution in [2.45, 2.75) is 76.1 Å². The van der Waals surface area contributed by atoms with Crippen molar-refractivity contribution < 1.29 is 40.7 Å². The number of benzene rings is 2. The van der Waals surface area contributed by atoms with Crippen molar-refractivity contribution in [3.8, 4) is 23.0 Å². The second-order valence-corrected chi connectivity index (χ2v) is 14.4. The predicted octanol–water partition coefficient (Wildman–Crippen LogP) is 7.27. The summed E-state index contributed by atoms with van der Waals surface area (Å²) >= 11 is 6.41. The van der Waals surface area contributed by atoms with Gasteiger partial charge >= 0.3 is 12.6 Å². The third-order valence-corrected chi connectivity index (χ3v) is 9.94. The molecule has 55 heavy (non-hydrogen) atoms. The van der Waals surface area contributed by atoms with Crippen LogP contribution in [0.15, 0.2) is 61.1 Å². The summed E-state index contributed by atoms with van der Waals surface area (Å²) in [5.74, 6) is -5.35. The van der Waals surface area contributed by atoms with Crippen LogP contribution in [-0.4, -0.2) is 65.5 Å². The van der Waals surface area contributed by atoms with Crippen LogP contribution in [0.4, 0.5) is 31.1 Å². The van der Waals surface area contributed by atoms with Gasteiger partial charge < -0.3 is 15.4 Å². The molecule has 2 atom stereocenters. The van der Waals surface area contributed by atoms with Crippen LogP contribution in [0.5, 0.6) is 0 Å². The molecule has 2 fully saturated rings. The molecule has 0 unspecified atom stereocenters. The van der Waals surface area contributed by atoms with E-state index in [0.717, 1.165) is 22.1 Å². The number of nitriles is 1. The van der Waals surface area contributed by atoms with E-state index in [1.165, 1.54) is 48.5 Å². The predicted molar refractivity (Wildman–Crippen MR) is 183 cm³/mol. The van der Waals surface area contributed by atoms with Crippen molar-refractivity contribution >= 4 is 29.6 Å². The van der Waals surface area contributed by atoms with Crippen LogP contribution >= 0.6 is 11.6 Å². The topological polar surface area (TPSA) is 167 Å². The number of aromatic nitrogens is 5. The highest BCUT2D eigenvalue weighted by Gasteiger charge is 2.61. The zero-order valence-corrected chi connectivity index (χ0v) is 30.1. The molecule has 0 bridgehead atoms. The van der Waals surface area contributed by atoms with Crippen LogP contribution in [0.3, 0.4) is 0 Å². The Morgan fingerprint density at radius 1 is 1.13 bits per heavy atom. The molecule has 6 rings (SSSR count). The Labute approximate surface area is 314 Å². The van der Waals surface area contributed by atoms with Gasteiger partial charge in [0, 0.05) is 25.1 Å². The van der Waals surface area contributed by atoms with Crippen LogP contribution in [0.1, 0.15) is 76.0 Å². The molecular formula is C35H33ClF6N10O3. The van der Waals surface area contributed by atoms with E-state index in [0.29, 0.717) is 17.2 Å². The highest BCUT2D eigenvalue weighted by Crippen LogP contribution is 2.48. The molecule has 0 spiro atoms. The van der Waals surface area contributed by atoms with E-state index in [1.807, 2.05) is 0 Å². The molecule has 4 aromatic rings. The molecule has 13 nitrogen and oxygen atoms in total. The second kappa shape index (κ2) is 14.2. The molecule has 2 amide bonds. The number of hydrogen-bond acceptors (Lipinski definition) is 8. The Balaban J connectivity index is 1.41. The average Bonchev–Trinajstić information content (AvgIpc) is 3.43. The van der Waals surface area contributed by atoms with E-state index in [1.54, 1.807) is 13.8 Å². The van der Waals surface area contributed by atoms with Gasteiger partial charge in [-0.15, -0.1) is 0 Å². The van der Waals surface area contributed by atoms with Crippen LogP contribution in [0, 0.1) is 22.2 Å². The van der Waals surface area contributed by atoms with Crippen molar-refractivity contribution in [3.63, 3.8) is 0 Å². The highest BCUT2D eigenvalue weighted by molar-refractivity contribution is 6.32. The monoisotopic (exact) mass is 790 g/mol. The third-order valence-electron chi connectivity index (χ3n) is 9.62. The van der Waals surface area contributed by atoms with Gasteiger partial charge in [0.25, 0.3) is 18.3 Å². The van der Waals surface area contributed by atoms with Gasteiger partial charge in [-0.1, -0.05) is 41.9 Å². The maximum absolute atomic E-state index is 14.9. The molecule has 0 radical (unpaired) electrons. The standard InChI is InChI=1S/C35H33ClF6N10O3/c1-32(2,17-43)16-35(21-7-4-19(5-8-21)23-10-13-50(49-23)29(39)40)28(53)51(30(44)47-35)25(15-55-31(54)48-34(11-12-34)33(3,41)42)20-6-9-22(36)24(14-20)52-27(26(37)38)45-18-46-52/h4-10,13-14,18,25-26,29H,11-12,15-16H2,1-3H3,(H2,44,47)(H,48,54)/t25-,35-/m1/s1. The van der Waals surface area contributed by atoms with Crippen LogP contribution in [-0.2, 0) is 15.1 Å². The van der Waals surface area contributed by atoms with Crippen LogP contribution in [0.25, 0.3) is 16.9 Å². The molecule has 1 saturated carbocycles. The summed E-state index contributed by atoms with van der Waals surface area (Å²) in [5.41, 5.74) is -3.94. The number of halogens is 7. The fraction of sp³-hybridized carbons (Fsp3) is 0.400. The number of hydrogen-bond donors (Lipinski definition) is 3. The summed E-state index contributed by atoms with van der Waals surface area (Å²) in [5, 5.41) is 31.9. The SMILES string of the molecule is CC(C)(C#N)C[C@]1(c2ccc(-c3ccn(C(F)F)n3)cc2)NC(=N)N([C@H](COC(=O)NC2(C(C)(F)F)CC2)c2ccc(Cl)c(-n3ncnc3C(F)F)c2)C1=O. The maximum Gasteiger partial charge on any atom is 0.407 e. The van der Waals surface area contributed by atoms with E-state index < -0.39 is 71.8 Å². The van der Waals surface area contributed by atoms with Gasteiger partial charge in [-0.05, 0) is 56.0 Å². The summed E-state index contributed by atoms with van der Waals surface area (Å²) in [4.78, 5) is 32.5. The largest absolute Gasteiger partial charge is 0.447 e. The number of nitrogens with one attached hydrogen (secondary N) is 3. The number of rotatable bonds is 13. The van der Waals surface area contributed by atoms with Crippen molar-refractivity contribution in [3.05, 3.63) is 83.0 Å². The number of alkyl halides is 6. The zero-order chi connectivity index (χ0) is 40.1. The minimum atomic E-state index is -3.28. The summed E-state index contributed by atoms with van der Waals surface area (Å²) in [6.45, 7) is 0.223. The summed E-state index contributed by atoms with van der Waals surface area (Å²) < 4.78 is 89.4. The molecule has 1 saturated heterocycles. The van der Waals surface area contributed by atoms with Crippen LogP contribution < -0.4 is 10.6 Å². The summed E-state index contributed by atoms with van der Waals surface area (Å²) in [7, 11) is 0. The van der Waals surface area contributed by atoms with Crippen molar-refractivity contribution in [2.24, 2.45) is 5.41 Å². The molecule has 20 heteroatoms. The lowest BCUT2D eigenvalue weighted by molar-refractivity contribution is -0.134. The van der Waals surface area contributed by atoms with Gasteiger partial charge in [-0.3, -0.25) is 15.1 Å². The minimum absolute atomic E-state index is 0.0107. The molecule has 2 aliphatic rings. The lowest BCUT2D eigenvalue weighted by atomic mass is 9.75. The number of nitrogens with zero attached hydrogens (tertiary/aromatic N) is 7. The lowest BCUT2D eigenvalue weighted by Gasteiger charge is -2.34. The smallest absolute Gasteiger partial charge is 0.407 e. The van der Waals surface area contributed by atoms with Gasteiger partial charge in [-0.25, -0.2) is 36.7 Å². The van der Waals surface area contributed by atoms with Gasteiger partial charge in [0.05, 0.1) is 33.9 Å². The quantitative estimate of drug-likeness (QED) is 0.119. The Kier molecular flexibility index (Phi) is 10.1. The normalized spacial score (nSPS) is 18.7. The fourth-order valence-electron chi connectivity index (χ4n) is 6.56. The first-order chi connectivity index (χ1) is 25.8. The van der Waals surface area contributed by atoms with E-state index in [4.69, 9.17) is 21.7 Å². The van der Waals surface area contributed by atoms with Gasteiger partial charge in [0.15, 0.2) is 11.8 Å². The molecule has 290 valence electrons. The number of guanidine groups is 1. The molecule has 2 aromatic carbocycles. The summed E-state index contributed by atoms with van der Waals surface area (Å²) in [6, 6.07) is 12.2. The van der Waals surface area contributed by atoms with Gasteiger partial charge in [0.2, 0.25) is 0 Å². The van der Waals surface area contributed by atoms with Gasteiger partial charge in [0.1, 0.15) is 24.0 Å². The first-order valence-electron chi connectivity index (χ1n) is 16.7. The first-order valence-corrected chi connectivity index (χ1v) is 17.1. The molecule has 3 heterocycles. The van der Waals surface area contributed by atoms with Crippen molar-refractivity contribution in [1.29, 1.82) is 10.7 Å². The Hall–Kier alpha value is -5.64. The second-order valence-electron chi connectivity index (χ2n) is 14.0. The molecule has 1 aliphatic heterocycles. The molecule has 3 N–H and O–H groups in total. The van der Waals surface area contributed by atoms with Crippen molar-refractivity contribution in [2.75, 3.05) is 6.61 Å². The Bertz CT molecular complexity index is 2160.